The minimum absolute atomic E-state index is 0.0676. The van der Waals surface area contributed by atoms with E-state index >= 15 is 0 Å². The van der Waals surface area contributed by atoms with Gasteiger partial charge in [0, 0.05) is 93.0 Å². The van der Waals surface area contributed by atoms with Gasteiger partial charge in [-0.1, -0.05) is 399 Å². The van der Waals surface area contributed by atoms with Crippen LogP contribution < -0.4 is 0 Å². The van der Waals surface area contributed by atoms with E-state index in [1.54, 1.807) is 0 Å². The molecule has 27 rings (SSSR count). The fourth-order valence-electron chi connectivity index (χ4n) is 21.7. The van der Waals surface area contributed by atoms with Crippen LogP contribution in [0.1, 0.15) is 74.9 Å². The summed E-state index contributed by atoms with van der Waals surface area (Å²) in [4.78, 5) is 35.9. The van der Waals surface area contributed by atoms with Crippen molar-refractivity contribution in [1.82, 2.24) is 48.6 Å². The first kappa shape index (κ1) is 79.2. The van der Waals surface area contributed by atoms with Gasteiger partial charge in [-0.2, -0.15) is 0 Å². The number of aromatic nitrogens is 10. The summed E-state index contributed by atoms with van der Waals surface area (Å²) in [6, 6.07) is 151. The zero-order chi connectivity index (χ0) is 89.7. The highest BCUT2D eigenvalue weighted by Crippen LogP contribution is 2.57. The molecule has 3 aliphatic rings. The van der Waals surface area contributed by atoms with Gasteiger partial charge in [0.05, 0.1) is 55.7 Å². The topological polar surface area (TPSA) is 105 Å². The van der Waals surface area contributed by atoms with E-state index in [1.165, 1.54) is 132 Å². The van der Waals surface area contributed by atoms with E-state index < -0.39 is 0 Å². The molecule has 0 saturated carbocycles. The van der Waals surface area contributed by atoms with Crippen LogP contribution in [0.15, 0.2) is 425 Å². The van der Waals surface area contributed by atoms with Crippen molar-refractivity contribution in [1.29, 1.82) is 0 Å². The lowest BCUT2D eigenvalue weighted by molar-refractivity contribution is 0.661. The van der Waals surface area contributed by atoms with Crippen molar-refractivity contribution in [3.63, 3.8) is 0 Å². The first-order valence-electron chi connectivity index (χ1n) is 46.1. The Balaban J connectivity index is 0.000000108. The van der Waals surface area contributed by atoms with Gasteiger partial charge < -0.3 is 4.57 Å². The molecule has 24 aromatic rings. The molecule has 0 spiro atoms. The zero-order valence-corrected chi connectivity index (χ0v) is 74.9. The summed E-state index contributed by atoms with van der Waals surface area (Å²) in [6.07, 6.45) is 0. The van der Waals surface area contributed by atoms with Gasteiger partial charge in [0.15, 0.2) is 17.5 Å². The summed E-state index contributed by atoms with van der Waals surface area (Å²) in [5.74, 6) is 3.32. The molecule has 0 unspecified atom stereocenters. The van der Waals surface area contributed by atoms with Crippen LogP contribution in [-0.2, 0) is 16.2 Å². The molecule has 18 aromatic carbocycles. The second kappa shape index (κ2) is 31.2. The van der Waals surface area contributed by atoms with Crippen molar-refractivity contribution in [2.24, 2.45) is 0 Å². The van der Waals surface area contributed by atoms with E-state index in [-0.39, 0.29) is 16.2 Å². The predicted octanol–water partition coefficient (Wildman–Crippen LogP) is 31.0. The molecule has 0 atom stereocenters. The maximum Gasteiger partial charge on any atom is 0.235 e. The molecule has 0 bridgehead atoms. The molecule has 0 amide bonds. The number of hydrogen-bond donors (Lipinski definition) is 0. The lowest BCUT2D eigenvalue weighted by atomic mass is 9.81. The summed E-state index contributed by atoms with van der Waals surface area (Å²) in [7, 11) is 0. The molecular formula is C124H88N10. The third kappa shape index (κ3) is 12.8. The fourth-order valence-corrected chi connectivity index (χ4v) is 21.7. The van der Waals surface area contributed by atoms with Crippen LogP contribution in [0.4, 0.5) is 0 Å². The van der Waals surface area contributed by atoms with E-state index in [4.69, 9.17) is 34.9 Å². The summed E-state index contributed by atoms with van der Waals surface area (Å²) >= 11 is 0. The molecule has 6 heterocycles. The molecule has 10 heteroatoms. The first-order valence-corrected chi connectivity index (χ1v) is 46.1. The number of para-hydroxylation sites is 4. The summed E-state index contributed by atoms with van der Waals surface area (Å²) in [5, 5.41) is 11.0. The SMILES string of the molecule is CC1(C)c2cc3c4ccccc4n(-c4nc(-c5ccccc5)cc(-c5ccccc5)n4)c3cc2-c2c1ccc1ccccc21.CC1(C)c2ccccc2-c2cc3c(cc21)c1ccccc1n3-c1nc(-c2ccc(-c3ccccc3)cc2)c2ccccc2n1.CC1(C)c2ccccc2-c2ccc3c4ccccc4n(-c4cccc(-c5nc(-c6ccccc6)nc(-c6ccccc6)n5)c4)c3c21. The van der Waals surface area contributed by atoms with Gasteiger partial charge in [0.1, 0.15) is 0 Å². The second-order valence-electron chi connectivity index (χ2n) is 37.0. The Labute approximate surface area is 776 Å². The molecule has 0 aliphatic heterocycles. The highest BCUT2D eigenvalue weighted by Gasteiger charge is 2.41. The molecule has 3 aliphatic carbocycles. The van der Waals surface area contributed by atoms with Crippen LogP contribution in [0.3, 0.4) is 0 Å². The van der Waals surface area contributed by atoms with Gasteiger partial charge in [-0.15, -0.1) is 0 Å². The van der Waals surface area contributed by atoms with E-state index in [0.29, 0.717) is 29.4 Å². The van der Waals surface area contributed by atoms with Crippen LogP contribution in [0.25, 0.3) is 217 Å². The van der Waals surface area contributed by atoms with Gasteiger partial charge in [-0.25, -0.2) is 34.9 Å². The zero-order valence-electron chi connectivity index (χ0n) is 74.9. The van der Waals surface area contributed by atoms with Crippen molar-refractivity contribution in [3.05, 3.63) is 458 Å². The number of nitrogens with zero attached hydrogens (tertiary/aromatic N) is 10. The average molecular weight is 1720 g/mol. The quantitative estimate of drug-likeness (QED) is 0.134. The second-order valence-corrected chi connectivity index (χ2v) is 37.0. The smallest absolute Gasteiger partial charge is 0.235 e. The fraction of sp³-hybridized carbons (Fsp3) is 0.0726. The number of hydrogen-bond acceptors (Lipinski definition) is 7. The minimum Gasteiger partial charge on any atom is -0.309 e. The van der Waals surface area contributed by atoms with E-state index in [0.717, 1.165) is 89.1 Å². The highest BCUT2D eigenvalue weighted by atomic mass is 15.2. The Kier molecular flexibility index (Phi) is 18.4. The van der Waals surface area contributed by atoms with E-state index in [2.05, 4.69) is 407 Å². The van der Waals surface area contributed by atoms with Gasteiger partial charge >= 0.3 is 0 Å². The van der Waals surface area contributed by atoms with Gasteiger partial charge in [-0.05, 0) is 155 Å². The third-order valence-electron chi connectivity index (χ3n) is 28.3. The lowest BCUT2D eigenvalue weighted by Gasteiger charge is -2.23. The van der Waals surface area contributed by atoms with Crippen LogP contribution >= 0.6 is 0 Å². The van der Waals surface area contributed by atoms with Crippen LogP contribution in [-0.4, -0.2) is 48.6 Å². The van der Waals surface area contributed by atoms with Crippen molar-refractivity contribution < 1.29 is 0 Å². The highest BCUT2D eigenvalue weighted by molar-refractivity contribution is 6.16. The van der Waals surface area contributed by atoms with Crippen LogP contribution in [0.2, 0.25) is 0 Å². The van der Waals surface area contributed by atoms with Gasteiger partial charge in [0.25, 0.3) is 0 Å². The molecule has 10 nitrogen and oxygen atoms in total. The molecular weight excluding hydrogens is 1630 g/mol. The number of rotatable bonds is 10. The van der Waals surface area contributed by atoms with Gasteiger partial charge in [0.2, 0.25) is 11.9 Å². The van der Waals surface area contributed by atoms with E-state index in [1.807, 2.05) is 72.8 Å². The Hall–Kier alpha value is -17.0. The van der Waals surface area contributed by atoms with Crippen molar-refractivity contribution >= 4 is 87.1 Å². The van der Waals surface area contributed by atoms with Crippen molar-refractivity contribution in [3.8, 4) is 130 Å². The Morgan fingerprint density at radius 2 is 0.634 bits per heavy atom. The van der Waals surface area contributed by atoms with Crippen molar-refractivity contribution in [2.75, 3.05) is 0 Å². The summed E-state index contributed by atoms with van der Waals surface area (Å²) in [5.41, 5.74) is 35.8. The van der Waals surface area contributed by atoms with Crippen molar-refractivity contribution in [2.45, 2.75) is 57.8 Å². The minimum atomic E-state index is -0.154. The Morgan fingerprint density at radius 3 is 1.22 bits per heavy atom. The maximum absolute atomic E-state index is 5.33. The Bertz CT molecular complexity index is 8760. The monoisotopic (exact) mass is 1720 g/mol. The molecule has 134 heavy (non-hydrogen) atoms. The van der Waals surface area contributed by atoms with Gasteiger partial charge in [-0.3, -0.25) is 9.13 Å². The molecule has 634 valence electrons. The average Bonchev–Trinajstić information content (AvgIpc) is 1.53. The number of benzene rings is 18. The third-order valence-corrected chi connectivity index (χ3v) is 28.3. The summed E-state index contributed by atoms with van der Waals surface area (Å²) in [6.45, 7) is 14.1. The molecule has 0 fully saturated rings. The van der Waals surface area contributed by atoms with Crippen LogP contribution in [0, 0.1) is 0 Å². The standard InChI is InChI=1S/C42H30N4.2C41H29N3/c1-42(2)35-22-11-9-20-31(35)33-24-25-34-32-21-10-12-23-36(32)46(38(34)37(33)42)30-19-13-18-29(26-30)41-44-39(27-14-5-3-6-15-27)43-40(45-41)28-16-7-4-8-17-28;1-41(2)33-22-21-26-13-9-10-18-29(26)39(33)32-24-38-31(23-34(32)41)30-19-11-12-20-37(30)44(38)40-42-35(27-14-5-3-6-15-27)25-36(43-40)28-16-7-4-8-17-28;1-41(2)34-17-9-6-14-29(34)32-25-38-33(24-35(32)41)30-15-8-11-19-37(30)44(38)40-42-36-18-10-7-16-31(36)39(43-40)28-22-20-27(21-23-28)26-12-4-3-5-13-26/h3-26H,1-2H3;2*3-25H,1-2H3. The summed E-state index contributed by atoms with van der Waals surface area (Å²) < 4.78 is 6.96. The molecule has 0 saturated heterocycles. The first-order chi connectivity index (χ1) is 65.7. The normalized spacial score (nSPS) is 13.3. The molecule has 6 aromatic heterocycles. The largest absolute Gasteiger partial charge is 0.309 e. The maximum atomic E-state index is 5.33. The molecule has 0 N–H and O–H groups in total. The predicted molar refractivity (Wildman–Crippen MR) is 553 cm³/mol. The Morgan fingerprint density at radius 1 is 0.209 bits per heavy atom. The lowest BCUT2D eigenvalue weighted by Crippen LogP contribution is -2.16. The van der Waals surface area contributed by atoms with Crippen LogP contribution in [0.5, 0.6) is 0 Å². The van der Waals surface area contributed by atoms with E-state index in [9.17, 15) is 0 Å². The molecule has 0 radical (unpaired) electrons. The number of fused-ring (bicyclic) bond motifs is 22.